The molecule has 5 heterocycles. The molecule has 9 nitrogen and oxygen atoms in total. The molecule has 0 amide bonds. The first kappa shape index (κ1) is 23.0. The van der Waals surface area contributed by atoms with Gasteiger partial charge in [0.25, 0.3) is 0 Å². The molecule has 9 unspecified atom stereocenters. The average molecular weight is 501 g/mol. The van der Waals surface area contributed by atoms with Crippen LogP contribution in [0.1, 0.15) is 46.0 Å². The van der Waals surface area contributed by atoms with Crippen LogP contribution in [0.15, 0.2) is 35.6 Å². The van der Waals surface area contributed by atoms with Crippen LogP contribution < -0.4 is 0 Å². The van der Waals surface area contributed by atoms with Crippen LogP contribution >= 0.6 is 0 Å². The number of epoxide rings is 2. The Balaban J connectivity index is 1.30. The van der Waals surface area contributed by atoms with Crippen molar-refractivity contribution in [1.29, 1.82) is 0 Å². The number of hydrogen-bond acceptors (Lipinski definition) is 9. The smallest absolute Gasteiger partial charge is 0.338 e. The van der Waals surface area contributed by atoms with Gasteiger partial charge in [-0.2, -0.15) is 0 Å². The molecule has 0 radical (unpaired) electrons. The zero-order chi connectivity index (χ0) is 24.9. The van der Waals surface area contributed by atoms with Crippen molar-refractivity contribution >= 4 is 11.9 Å². The van der Waals surface area contributed by atoms with Gasteiger partial charge in [-0.15, -0.1) is 0 Å². The van der Waals surface area contributed by atoms with Crippen molar-refractivity contribution in [3.63, 3.8) is 0 Å². The van der Waals surface area contributed by atoms with Crippen molar-refractivity contribution in [2.24, 2.45) is 10.8 Å². The summed E-state index contributed by atoms with van der Waals surface area (Å²) in [6.45, 7) is 5.14. The molecular weight excluding hydrogens is 468 g/mol. The Bertz CT molecular complexity index is 1100. The van der Waals surface area contributed by atoms with E-state index in [9.17, 15) is 14.7 Å². The van der Waals surface area contributed by atoms with E-state index in [1.807, 2.05) is 0 Å². The predicted molar refractivity (Wildman–Crippen MR) is 122 cm³/mol. The highest BCUT2D eigenvalue weighted by atomic mass is 16.7. The third kappa shape index (κ3) is 2.80. The molecule has 4 saturated heterocycles. The quantitative estimate of drug-likeness (QED) is 0.302. The second-order valence-corrected chi connectivity index (χ2v) is 11.6. The summed E-state index contributed by atoms with van der Waals surface area (Å²) in [5, 5.41) is 10.9. The van der Waals surface area contributed by atoms with Crippen molar-refractivity contribution < 1.29 is 43.1 Å². The van der Waals surface area contributed by atoms with Crippen molar-refractivity contribution in [3.8, 4) is 0 Å². The molecule has 194 valence electrons. The highest BCUT2D eigenvalue weighted by molar-refractivity contribution is 5.82. The van der Waals surface area contributed by atoms with Crippen molar-refractivity contribution in [2.45, 2.75) is 87.7 Å². The van der Waals surface area contributed by atoms with E-state index in [0.29, 0.717) is 44.7 Å². The number of carbonyl (C=O) groups is 2. The molecule has 1 N–H and O–H groups in total. The number of aliphatic hydroxyl groups excluding tert-OH is 1. The van der Waals surface area contributed by atoms with E-state index in [1.54, 1.807) is 12.2 Å². The minimum absolute atomic E-state index is 0.0870. The zero-order valence-corrected chi connectivity index (χ0v) is 20.6. The third-order valence-corrected chi connectivity index (χ3v) is 10.1. The summed E-state index contributed by atoms with van der Waals surface area (Å²) in [5.74, 6) is -0.588. The van der Waals surface area contributed by atoms with Crippen molar-refractivity contribution in [2.75, 3.05) is 19.8 Å². The second kappa shape index (κ2) is 7.43. The van der Waals surface area contributed by atoms with Gasteiger partial charge in [-0.1, -0.05) is 24.6 Å². The van der Waals surface area contributed by atoms with Gasteiger partial charge in [0.2, 0.25) is 0 Å². The van der Waals surface area contributed by atoms with Crippen molar-refractivity contribution in [3.05, 3.63) is 35.6 Å². The number of allylic oxidation sites excluding steroid dienone is 3. The third-order valence-electron chi connectivity index (χ3n) is 10.1. The number of esters is 2. The number of fused-ring (bicyclic) bond motifs is 1. The van der Waals surface area contributed by atoms with Gasteiger partial charge < -0.3 is 33.5 Å². The van der Waals surface area contributed by atoms with E-state index < -0.39 is 52.3 Å². The monoisotopic (exact) mass is 500 g/mol. The summed E-state index contributed by atoms with van der Waals surface area (Å²) in [6.07, 6.45) is 6.90. The lowest BCUT2D eigenvalue weighted by Crippen LogP contribution is -2.66. The van der Waals surface area contributed by atoms with Gasteiger partial charge >= 0.3 is 11.9 Å². The SMILES string of the molecule is CC1=CC2OC3CC4OC(=O)C=CCC=C5OCCC6(OC6C(=O)OCC2(CC1)C4(C)C31CO1)C5O. The summed E-state index contributed by atoms with van der Waals surface area (Å²) in [6, 6.07) is 0. The van der Waals surface area contributed by atoms with Gasteiger partial charge in [-0.05, 0) is 32.3 Å². The van der Waals surface area contributed by atoms with Gasteiger partial charge in [-0.3, -0.25) is 0 Å². The summed E-state index contributed by atoms with van der Waals surface area (Å²) in [4.78, 5) is 26.2. The molecule has 9 atom stereocenters. The van der Waals surface area contributed by atoms with Crippen LogP contribution in [0.3, 0.4) is 0 Å². The maximum atomic E-state index is 13.3. The minimum atomic E-state index is -1.08. The molecule has 7 rings (SSSR count). The lowest BCUT2D eigenvalue weighted by atomic mass is 9.51. The molecule has 2 aliphatic carbocycles. The van der Waals surface area contributed by atoms with Crippen LogP contribution in [0.4, 0.5) is 0 Å². The zero-order valence-electron chi connectivity index (χ0n) is 20.6. The fourth-order valence-electron chi connectivity index (χ4n) is 7.72. The molecule has 7 aliphatic rings. The van der Waals surface area contributed by atoms with E-state index >= 15 is 0 Å². The lowest BCUT2D eigenvalue weighted by Gasteiger charge is -2.58. The molecule has 0 aromatic heterocycles. The van der Waals surface area contributed by atoms with Gasteiger partial charge in [-0.25, -0.2) is 9.59 Å². The standard InChI is InChI=1S/C27H32O9/c1-15-7-8-25-13-32-23(30)22-26(36-22)9-10-31-16(21(26)29)5-3-4-6-20(28)35-17-12-19(34-18(25)11-15)27(14-33-27)24(17,25)2/h4-6,11,17-19,21-22,29H,3,7-10,12-14H2,1-2H3. The number of hydrogen-bond donors (Lipinski definition) is 1. The predicted octanol–water partition coefficient (Wildman–Crippen LogP) is 1.88. The topological polar surface area (TPSA) is 116 Å². The Kier molecular flexibility index (Phi) is 4.74. The number of cyclic esters (lactones) is 1. The van der Waals surface area contributed by atoms with E-state index in [4.69, 9.17) is 28.4 Å². The van der Waals surface area contributed by atoms with Crippen LogP contribution in [-0.4, -0.2) is 78.6 Å². The summed E-state index contributed by atoms with van der Waals surface area (Å²) in [5.41, 5.74) is -1.63. The number of aliphatic hydroxyl groups is 1. The van der Waals surface area contributed by atoms with E-state index in [0.717, 1.165) is 6.42 Å². The van der Waals surface area contributed by atoms with Crippen LogP contribution in [0.2, 0.25) is 0 Å². The Labute approximate surface area is 209 Å². The minimum Gasteiger partial charge on any atom is -0.495 e. The molecular formula is C27H32O9. The molecule has 9 heteroatoms. The average Bonchev–Trinajstić information content (AvgIpc) is 3.76. The Hall–Kier alpha value is -2.20. The molecule has 36 heavy (non-hydrogen) atoms. The normalized spacial score (nSPS) is 51.1. The van der Waals surface area contributed by atoms with Crippen LogP contribution in [0, 0.1) is 10.8 Å². The molecule has 5 aliphatic heterocycles. The largest absolute Gasteiger partial charge is 0.495 e. The summed E-state index contributed by atoms with van der Waals surface area (Å²) < 4.78 is 36.3. The van der Waals surface area contributed by atoms with Crippen molar-refractivity contribution in [1.82, 2.24) is 0 Å². The highest BCUT2D eigenvalue weighted by Gasteiger charge is 2.83. The number of rotatable bonds is 0. The van der Waals surface area contributed by atoms with Gasteiger partial charge in [0.15, 0.2) is 6.10 Å². The second-order valence-electron chi connectivity index (χ2n) is 11.6. The van der Waals surface area contributed by atoms with Crippen LogP contribution in [-0.2, 0) is 38.0 Å². The maximum absolute atomic E-state index is 13.3. The highest BCUT2D eigenvalue weighted by Crippen LogP contribution is 2.72. The summed E-state index contributed by atoms with van der Waals surface area (Å²) >= 11 is 0. The maximum Gasteiger partial charge on any atom is 0.338 e. The molecule has 0 aromatic carbocycles. The fourth-order valence-corrected chi connectivity index (χ4v) is 7.72. The molecule has 3 spiro atoms. The molecule has 5 fully saturated rings. The summed E-state index contributed by atoms with van der Waals surface area (Å²) in [7, 11) is 0. The first-order chi connectivity index (χ1) is 17.3. The van der Waals surface area contributed by atoms with Crippen LogP contribution in [0.25, 0.3) is 0 Å². The van der Waals surface area contributed by atoms with Gasteiger partial charge in [0.05, 0.1) is 30.8 Å². The number of carbonyl (C=O) groups excluding carboxylic acids is 2. The first-order valence-electron chi connectivity index (χ1n) is 13.0. The molecule has 0 aromatic rings. The van der Waals surface area contributed by atoms with E-state index in [-0.39, 0.29) is 18.8 Å². The van der Waals surface area contributed by atoms with E-state index in [1.165, 1.54) is 11.6 Å². The van der Waals surface area contributed by atoms with E-state index in [2.05, 4.69) is 19.9 Å². The van der Waals surface area contributed by atoms with Crippen LogP contribution in [0.5, 0.6) is 0 Å². The first-order valence-corrected chi connectivity index (χ1v) is 13.0. The van der Waals surface area contributed by atoms with Gasteiger partial charge in [0, 0.05) is 24.3 Å². The molecule has 4 bridgehead atoms. The lowest BCUT2D eigenvalue weighted by molar-refractivity contribution is -0.233. The Morgan fingerprint density at radius 3 is 2.75 bits per heavy atom. The Morgan fingerprint density at radius 1 is 1.11 bits per heavy atom. The Morgan fingerprint density at radius 2 is 1.94 bits per heavy atom. The number of ether oxygens (including phenoxy) is 6. The molecule has 1 saturated carbocycles. The fraction of sp³-hybridized carbons (Fsp3) is 0.704. The van der Waals surface area contributed by atoms with Gasteiger partial charge in [0.1, 0.15) is 35.8 Å².